The molecule has 0 saturated heterocycles. The Hall–Kier alpha value is -2.44. The van der Waals surface area contributed by atoms with Gasteiger partial charge in [0.15, 0.2) is 5.82 Å². The van der Waals surface area contributed by atoms with Gasteiger partial charge in [0.1, 0.15) is 6.33 Å². The second-order valence-corrected chi connectivity index (χ2v) is 4.01. The first kappa shape index (κ1) is 13.0. The minimum absolute atomic E-state index is 0.159. The topological polar surface area (TPSA) is 84.7 Å². The van der Waals surface area contributed by atoms with E-state index in [4.69, 9.17) is 0 Å². The number of anilines is 1. The van der Waals surface area contributed by atoms with E-state index < -0.39 is 0 Å². The number of pyridine rings is 1. The Morgan fingerprint density at radius 3 is 3.00 bits per heavy atom. The number of aromatic nitrogens is 4. The predicted octanol–water partition coefficient (Wildman–Crippen LogP) is 0.224. The molecule has 7 nitrogen and oxygen atoms in total. The van der Waals surface area contributed by atoms with Gasteiger partial charge in [-0.05, 0) is 6.07 Å². The van der Waals surface area contributed by atoms with Crippen LogP contribution in [0, 0.1) is 0 Å². The number of hydrogen-bond acceptors (Lipinski definition) is 5. The number of amides is 1. The lowest BCUT2D eigenvalue weighted by Crippen LogP contribution is -2.26. The first-order valence-electron chi connectivity index (χ1n) is 5.95. The smallest absolute Gasteiger partial charge is 0.254 e. The van der Waals surface area contributed by atoms with Crippen LogP contribution in [0.15, 0.2) is 24.8 Å². The Labute approximate surface area is 111 Å². The maximum Gasteiger partial charge on any atom is 0.254 e. The van der Waals surface area contributed by atoms with Crippen molar-refractivity contribution in [3.05, 3.63) is 36.2 Å². The molecule has 0 saturated carbocycles. The van der Waals surface area contributed by atoms with E-state index in [1.165, 1.54) is 0 Å². The Morgan fingerprint density at radius 2 is 2.32 bits per heavy atom. The summed E-state index contributed by atoms with van der Waals surface area (Å²) in [6.45, 7) is 0.487. The van der Waals surface area contributed by atoms with E-state index in [1.807, 2.05) is 7.05 Å². The van der Waals surface area contributed by atoms with Crippen molar-refractivity contribution in [2.24, 2.45) is 7.05 Å². The molecule has 2 rings (SSSR count). The molecule has 0 aliphatic carbocycles. The molecule has 0 aromatic carbocycles. The molecule has 1 amide bonds. The quantitative estimate of drug-likeness (QED) is 0.803. The molecule has 0 spiro atoms. The minimum Gasteiger partial charge on any atom is -0.387 e. The summed E-state index contributed by atoms with van der Waals surface area (Å²) >= 11 is 0. The van der Waals surface area contributed by atoms with Crippen LogP contribution in [0.1, 0.15) is 16.2 Å². The second-order valence-electron chi connectivity index (χ2n) is 4.01. The molecular formula is C12H16N6O. The Morgan fingerprint density at radius 1 is 1.47 bits per heavy atom. The Kier molecular flexibility index (Phi) is 4.07. The van der Waals surface area contributed by atoms with Crippen LogP contribution < -0.4 is 10.6 Å². The molecule has 19 heavy (non-hydrogen) atoms. The molecule has 2 heterocycles. The molecule has 7 heteroatoms. The van der Waals surface area contributed by atoms with Gasteiger partial charge in [0, 0.05) is 45.1 Å². The van der Waals surface area contributed by atoms with E-state index in [9.17, 15) is 4.79 Å². The monoisotopic (exact) mass is 260 g/mol. The predicted molar refractivity (Wildman–Crippen MR) is 70.8 cm³/mol. The molecular weight excluding hydrogens is 244 g/mol. The number of carbonyl (C=O) groups is 1. The molecule has 0 atom stereocenters. The molecule has 0 aliphatic heterocycles. The Bertz CT molecular complexity index is 565. The first-order chi connectivity index (χ1) is 9.20. The van der Waals surface area contributed by atoms with Crippen molar-refractivity contribution in [2.45, 2.75) is 6.42 Å². The van der Waals surface area contributed by atoms with Crippen LogP contribution in [-0.4, -0.2) is 39.2 Å². The molecule has 0 radical (unpaired) electrons. The average molecular weight is 260 g/mol. The molecule has 2 N–H and O–H groups in total. The third-order valence-corrected chi connectivity index (χ3v) is 2.62. The van der Waals surface area contributed by atoms with Gasteiger partial charge < -0.3 is 10.6 Å². The highest BCUT2D eigenvalue weighted by atomic mass is 16.1. The number of rotatable bonds is 5. The second kappa shape index (κ2) is 5.94. The number of carbonyl (C=O) groups excluding carboxylic acids is 1. The summed E-state index contributed by atoms with van der Waals surface area (Å²) in [5, 5.41) is 9.93. The van der Waals surface area contributed by atoms with Crippen LogP contribution >= 0.6 is 0 Å². The largest absolute Gasteiger partial charge is 0.387 e. The van der Waals surface area contributed by atoms with Gasteiger partial charge in [0.05, 0.1) is 5.56 Å². The van der Waals surface area contributed by atoms with Gasteiger partial charge in [-0.15, -0.1) is 0 Å². The summed E-state index contributed by atoms with van der Waals surface area (Å²) < 4.78 is 1.64. The molecule has 0 unspecified atom stereocenters. The third kappa shape index (κ3) is 3.27. The van der Waals surface area contributed by atoms with E-state index in [0.717, 1.165) is 5.69 Å². The number of nitrogens with zero attached hydrogens (tertiary/aromatic N) is 4. The van der Waals surface area contributed by atoms with E-state index in [1.54, 1.807) is 36.5 Å². The lowest BCUT2D eigenvalue weighted by molar-refractivity contribution is 0.0954. The van der Waals surface area contributed by atoms with Crippen molar-refractivity contribution >= 4 is 11.6 Å². The van der Waals surface area contributed by atoms with Gasteiger partial charge >= 0.3 is 0 Å². The fraction of sp³-hybridized carbons (Fsp3) is 0.333. The summed E-state index contributed by atoms with van der Waals surface area (Å²) in [4.78, 5) is 20.0. The van der Waals surface area contributed by atoms with Crippen LogP contribution in [0.25, 0.3) is 0 Å². The van der Waals surface area contributed by atoms with Crippen molar-refractivity contribution in [3.63, 3.8) is 0 Å². The number of hydrogen-bond donors (Lipinski definition) is 2. The highest BCUT2D eigenvalue weighted by Crippen LogP contribution is 2.11. The highest BCUT2D eigenvalue weighted by molar-refractivity contribution is 5.99. The molecule has 0 fully saturated rings. The molecule has 0 aliphatic rings. The van der Waals surface area contributed by atoms with Gasteiger partial charge in [0.25, 0.3) is 5.91 Å². The van der Waals surface area contributed by atoms with Gasteiger partial charge in [0.2, 0.25) is 0 Å². The van der Waals surface area contributed by atoms with E-state index in [2.05, 4.69) is 25.7 Å². The van der Waals surface area contributed by atoms with Crippen molar-refractivity contribution in [1.29, 1.82) is 0 Å². The zero-order chi connectivity index (χ0) is 13.7. The summed E-state index contributed by atoms with van der Waals surface area (Å²) in [7, 11) is 3.58. The van der Waals surface area contributed by atoms with Crippen LogP contribution in [0.5, 0.6) is 0 Å². The third-order valence-electron chi connectivity index (χ3n) is 2.62. The van der Waals surface area contributed by atoms with E-state index in [0.29, 0.717) is 24.4 Å². The Balaban J connectivity index is 1.90. The van der Waals surface area contributed by atoms with Gasteiger partial charge in [-0.25, -0.2) is 4.98 Å². The van der Waals surface area contributed by atoms with E-state index in [-0.39, 0.29) is 5.91 Å². The fourth-order valence-electron chi connectivity index (χ4n) is 1.67. The molecule has 0 bridgehead atoms. The van der Waals surface area contributed by atoms with E-state index >= 15 is 0 Å². The van der Waals surface area contributed by atoms with Crippen molar-refractivity contribution in [3.8, 4) is 0 Å². The number of nitrogens with one attached hydrogen (secondary N) is 2. The van der Waals surface area contributed by atoms with Crippen LogP contribution in [-0.2, 0) is 13.5 Å². The van der Waals surface area contributed by atoms with Crippen LogP contribution in [0.2, 0.25) is 0 Å². The maximum atomic E-state index is 12.0. The van der Waals surface area contributed by atoms with Crippen LogP contribution in [0.3, 0.4) is 0 Å². The first-order valence-corrected chi connectivity index (χ1v) is 5.95. The summed E-state index contributed by atoms with van der Waals surface area (Å²) in [5.74, 6) is 0.552. The zero-order valence-electron chi connectivity index (χ0n) is 10.9. The van der Waals surface area contributed by atoms with Crippen molar-refractivity contribution in [1.82, 2.24) is 25.1 Å². The van der Waals surface area contributed by atoms with Gasteiger partial charge in [-0.1, -0.05) is 0 Å². The van der Waals surface area contributed by atoms with Crippen molar-refractivity contribution in [2.75, 3.05) is 18.9 Å². The lowest BCUT2D eigenvalue weighted by atomic mass is 10.2. The lowest BCUT2D eigenvalue weighted by Gasteiger charge is -2.08. The summed E-state index contributed by atoms with van der Waals surface area (Å²) in [6, 6.07) is 1.76. The normalized spacial score (nSPS) is 10.2. The number of aryl methyl sites for hydroxylation is 1. The minimum atomic E-state index is -0.159. The molecule has 2 aromatic rings. The SMILES string of the molecule is CNc1ccncc1C(=O)NCCc1ncn(C)n1. The molecule has 100 valence electrons. The average Bonchev–Trinajstić information content (AvgIpc) is 2.84. The van der Waals surface area contributed by atoms with Crippen LogP contribution in [0.4, 0.5) is 5.69 Å². The molecule has 2 aromatic heterocycles. The maximum absolute atomic E-state index is 12.0. The standard InChI is InChI=1S/C12H16N6O/c1-13-10-3-5-14-7-9(10)12(19)15-6-4-11-16-8-18(2)17-11/h3,5,7-8H,4,6H2,1-2H3,(H,13,14)(H,15,19). The summed E-state index contributed by atoms with van der Waals surface area (Å²) in [5.41, 5.74) is 1.28. The van der Waals surface area contributed by atoms with Gasteiger partial charge in [-0.3, -0.25) is 14.5 Å². The zero-order valence-corrected chi connectivity index (χ0v) is 10.9. The van der Waals surface area contributed by atoms with Crippen molar-refractivity contribution < 1.29 is 4.79 Å². The summed E-state index contributed by atoms with van der Waals surface area (Å²) in [6.07, 6.45) is 5.42. The van der Waals surface area contributed by atoms with Gasteiger partial charge in [-0.2, -0.15) is 5.10 Å². The fourth-order valence-corrected chi connectivity index (χ4v) is 1.67. The highest BCUT2D eigenvalue weighted by Gasteiger charge is 2.10.